The highest BCUT2D eigenvalue weighted by atomic mass is 32.2. The predicted octanol–water partition coefficient (Wildman–Crippen LogP) is 2.41. The van der Waals surface area contributed by atoms with E-state index in [0.29, 0.717) is 12.0 Å². The van der Waals surface area contributed by atoms with Crippen molar-refractivity contribution in [2.45, 2.75) is 31.8 Å². The summed E-state index contributed by atoms with van der Waals surface area (Å²) in [5, 5.41) is 2.58. The third-order valence-corrected chi connectivity index (χ3v) is 5.84. The molecule has 174 valence electrons. The maximum Gasteiger partial charge on any atom is 0.387 e. The van der Waals surface area contributed by atoms with Crippen LogP contribution >= 0.6 is 0 Å². The molecule has 0 unspecified atom stereocenters. The molecule has 0 aliphatic carbocycles. The maximum absolute atomic E-state index is 12.3. The van der Waals surface area contributed by atoms with Gasteiger partial charge in [0.25, 0.3) is 5.91 Å². The summed E-state index contributed by atoms with van der Waals surface area (Å²) in [5.74, 6) is -1.32. The molecule has 1 amide bonds. The lowest BCUT2D eigenvalue weighted by Gasteiger charge is -2.10. The van der Waals surface area contributed by atoms with E-state index in [2.05, 4.69) is 14.8 Å². The number of hydrogen-bond donors (Lipinski definition) is 2. The summed E-state index contributed by atoms with van der Waals surface area (Å²) in [6.07, 6.45) is 0.429. The molecule has 0 saturated heterocycles. The first-order valence-electron chi connectivity index (χ1n) is 9.70. The Balaban J connectivity index is 1.84. The van der Waals surface area contributed by atoms with Crippen molar-refractivity contribution >= 4 is 21.9 Å². The first-order valence-corrected chi connectivity index (χ1v) is 11.2. The van der Waals surface area contributed by atoms with Gasteiger partial charge in [-0.3, -0.25) is 4.79 Å². The SMILES string of the molecule is CCNS(=O)(=O)c1ccc(C)c(C(=O)OCC(=O)NCCc2ccc(OC(F)F)cc2)c1. The third kappa shape index (κ3) is 7.57. The topological polar surface area (TPSA) is 111 Å². The average Bonchev–Trinajstić information content (AvgIpc) is 2.73. The van der Waals surface area contributed by atoms with Crippen molar-refractivity contribution in [2.75, 3.05) is 19.7 Å². The lowest BCUT2D eigenvalue weighted by atomic mass is 10.1. The fraction of sp³-hybridized carbons (Fsp3) is 0.333. The summed E-state index contributed by atoms with van der Waals surface area (Å²) in [5.41, 5.74) is 1.34. The molecule has 0 aliphatic heterocycles. The van der Waals surface area contributed by atoms with Crippen molar-refractivity contribution in [3.8, 4) is 5.75 Å². The van der Waals surface area contributed by atoms with E-state index in [1.54, 1.807) is 26.0 Å². The van der Waals surface area contributed by atoms with Gasteiger partial charge in [0, 0.05) is 13.1 Å². The lowest BCUT2D eigenvalue weighted by molar-refractivity contribution is -0.124. The number of rotatable bonds is 11. The molecule has 0 fully saturated rings. The molecule has 2 N–H and O–H groups in total. The Morgan fingerprint density at radius 2 is 1.78 bits per heavy atom. The largest absolute Gasteiger partial charge is 0.452 e. The second-order valence-electron chi connectivity index (χ2n) is 6.68. The number of carbonyl (C=O) groups excluding carboxylic acids is 2. The Morgan fingerprint density at radius 1 is 1.09 bits per heavy atom. The van der Waals surface area contributed by atoms with Crippen molar-refractivity contribution < 1.29 is 36.3 Å². The highest BCUT2D eigenvalue weighted by Gasteiger charge is 2.19. The fourth-order valence-corrected chi connectivity index (χ4v) is 3.77. The smallest absolute Gasteiger partial charge is 0.387 e. The number of aryl methyl sites for hydroxylation is 1. The molecule has 2 rings (SSSR count). The maximum atomic E-state index is 12.3. The van der Waals surface area contributed by atoms with Gasteiger partial charge >= 0.3 is 12.6 Å². The van der Waals surface area contributed by atoms with Gasteiger partial charge in [-0.1, -0.05) is 25.1 Å². The lowest BCUT2D eigenvalue weighted by Crippen LogP contribution is -2.30. The van der Waals surface area contributed by atoms with E-state index in [4.69, 9.17) is 4.74 Å². The number of sulfonamides is 1. The van der Waals surface area contributed by atoms with Gasteiger partial charge in [0.15, 0.2) is 6.61 Å². The van der Waals surface area contributed by atoms with E-state index in [9.17, 15) is 26.8 Å². The average molecular weight is 470 g/mol. The van der Waals surface area contributed by atoms with Crippen LogP contribution in [0.1, 0.15) is 28.4 Å². The van der Waals surface area contributed by atoms with Crippen LogP contribution in [0.25, 0.3) is 0 Å². The van der Waals surface area contributed by atoms with Crippen LogP contribution < -0.4 is 14.8 Å². The number of halogens is 2. The molecule has 0 atom stereocenters. The molecule has 8 nitrogen and oxygen atoms in total. The molecule has 2 aromatic carbocycles. The quantitative estimate of drug-likeness (QED) is 0.488. The Bertz CT molecular complexity index is 1040. The van der Waals surface area contributed by atoms with E-state index < -0.39 is 35.1 Å². The third-order valence-electron chi connectivity index (χ3n) is 4.29. The second-order valence-corrected chi connectivity index (χ2v) is 8.44. The number of ether oxygens (including phenoxy) is 2. The molecule has 0 saturated carbocycles. The summed E-state index contributed by atoms with van der Waals surface area (Å²) < 4.78 is 60.1. The van der Waals surface area contributed by atoms with Crippen molar-refractivity contribution in [1.29, 1.82) is 0 Å². The summed E-state index contributed by atoms with van der Waals surface area (Å²) in [7, 11) is -3.74. The van der Waals surface area contributed by atoms with E-state index in [1.807, 2.05) is 0 Å². The highest BCUT2D eigenvalue weighted by Crippen LogP contribution is 2.17. The molecule has 0 spiro atoms. The minimum Gasteiger partial charge on any atom is -0.452 e. The molecule has 0 aliphatic rings. The first-order chi connectivity index (χ1) is 15.1. The number of carbonyl (C=O) groups is 2. The van der Waals surface area contributed by atoms with Crippen LogP contribution in [-0.2, 0) is 26.0 Å². The molecule has 0 aromatic heterocycles. The zero-order valence-electron chi connectivity index (χ0n) is 17.6. The van der Waals surface area contributed by atoms with Crippen LogP contribution in [0.5, 0.6) is 5.75 Å². The molecule has 32 heavy (non-hydrogen) atoms. The van der Waals surface area contributed by atoms with Crippen LogP contribution in [0.2, 0.25) is 0 Å². The van der Waals surface area contributed by atoms with Crippen LogP contribution in [-0.4, -0.2) is 46.6 Å². The van der Waals surface area contributed by atoms with Crippen LogP contribution in [0.3, 0.4) is 0 Å². The van der Waals surface area contributed by atoms with Gasteiger partial charge < -0.3 is 14.8 Å². The number of nitrogens with one attached hydrogen (secondary N) is 2. The second kappa shape index (κ2) is 11.5. The minimum atomic E-state index is -3.74. The Labute approximate surface area is 185 Å². The van der Waals surface area contributed by atoms with Crippen molar-refractivity contribution in [3.63, 3.8) is 0 Å². The Morgan fingerprint density at radius 3 is 2.41 bits per heavy atom. The van der Waals surface area contributed by atoms with Gasteiger partial charge in [-0.15, -0.1) is 0 Å². The van der Waals surface area contributed by atoms with Gasteiger partial charge in [-0.2, -0.15) is 8.78 Å². The van der Waals surface area contributed by atoms with Gasteiger partial charge in [-0.25, -0.2) is 17.9 Å². The van der Waals surface area contributed by atoms with Gasteiger partial charge in [-0.05, 0) is 48.7 Å². The Hall–Kier alpha value is -3.05. The van der Waals surface area contributed by atoms with E-state index in [0.717, 1.165) is 5.56 Å². The molecule has 0 bridgehead atoms. The number of alkyl halides is 2. The first kappa shape index (κ1) is 25.2. The van der Waals surface area contributed by atoms with Gasteiger partial charge in [0.05, 0.1) is 10.5 Å². The van der Waals surface area contributed by atoms with Crippen molar-refractivity contribution in [3.05, 3.63) is 59.2 Å². The van der Waals surface area contributed by atoms with Crippen molar-refractivity contribution in [1.82, 2.24) is 10.0 Å². The number of hydrogen-bond acceptors (Lipinski definition) is 6. The van der Waals surface area contributed by atoms with Crippen LogP contribution in [0.4, 0.5) is 8.78 Å². The number of amides is 1. The number of benzene rings is 2. The van der Waals surface area contributed by atoms with Crippen LogP contribution in [0.15, 0.2) is 47.4 Å². The summed E-state index contributed by atoms with van der Waals surface area (Å²) >= 11 is 0. The predicted molar refractivity (Wildman–Crippen MR) is 112 cm³/mol. The normalized spacial score (nSPS) is 11.3. The molecule has 2 aromatic rings. The van der Waals surface area contributed by atoms with Crippen LogP contribution in [0, 0.1) is 6.92 Å². The minimum absolute atomic E-state index is 0.0392. The molecule has 0 radical (unpaired) electrons. The van der Waals surface area contributed by atoms with E-state index in [-0.39, 0.29) is 29.3 Å². The molecular formula is C21H24F2N2O6S. The molecule has 0 heterocycles. The summed E-state index contributed by atoms with van der Waals surface area (Å²) in [6.45, 7) is 0.259. The molecule has 11 heteroatoms. The highest BCUT2D eigenvalue weighted by molar-refractivity contribution is 7.89. The van der Waals surface area contributed by atoms with E-state index in [1.165, 1.54) is 30.3 Å². The fourth-order valence-electron chi connectivity index (χ4n) is 2.71. The van der Waals surface area contributed by atoms with Crippen molar-refractivity contribution in [2.24, 2.45) is 0 Å². The zero-order valence-corrected chi connectivity index (χ0v) is 18.4. The van der Waals surface area contributed by atoms with Gasteiger partial charge in [0.2, 0.25) is 10.0 Å². The molecular weight excluding hydrogens is 446 g/mol. The van der Waals surface area contributed by atoms with E-state index >= 15 is 0 Å². The standard InChI is InChI=1S/C21H24F2N2O6S/c1-3-25-32(28,29)17-9-4-14(2)18(12-17)20(27)30-13-19(26)24-11-10-15-5-7-16(8-6-15)31-21(22)23/h4-9,12,21,25H,3,10-11,13H2,1-2H3,(H,24,26). The summed E-state index contributed by atoms with van der Waals surface area (Å²) in [6, 6.07) is 10.1. The number of esters is 1. The van der Waals surface area contributed by atoms with Gasteiger partial charge in [0.1, 0.15) is 5.75 Å². The Kier molecular flexibility index (Phi) is 9.09. The summed E-state index contributed by atoms with van der Waals surface area (Å²) in [4.78, 5) is 24.2. The zero-order chi connectivity index (χ0) is 23.7. The monoisotopic (exact) mass is 470 g/mol.